The molecule has 14 heavy (non-hydrogen) atoms. The summed E-state index contributed by atoms with van der Waals surface area (Å²) < 4.78 is 3.48. The summed E-state index contributed by atoms with van der Waals surface area (Å²) >= 11 is 0. The van der Waals surface area contributed by atoms with Gasteiger partial charge >= 0.3 is 0 Å². The molecule has 0 saturated heterocycles. The summed E-state index contributed by atoms with van der Waals surface area (Å²) in [6.45, 7) is 2.77. The maximum atomic E-state index is 5.79. The van der Waals surface area contributed by atoms with Crippen LogP contribution in [0.1, 0.15) is 6.92 Å². The minimum atomic E-state index is 0.621. The summed E-state index contributed by atoms with van der Waals surface area (Å²) in [5.74, 6) is 0.755. The molecule has 0 aliphatic rings. The van der Waals surface area contributed by atoms with Crippen molar-refractivity contribution >= 4 is 5.69 Å². The van der Waals surface area contributed by atoms with Crippen LogP contribution in [0.3, 0.4) is 0 Å². The Morgan fingerprint density at radius 1 is 1.43 bits per heavy atom. The van der Waals surface area contributed by atoms with Gasteiger partial charge in [0.1, 0.15) is 12.0 Å². The average molecular weight is 192 g/mol. The van der Waals surface area contributed by atoms with Crippen molar-refractivity contribution in [2.24, 2.45) is 7.05 Å². The van der Waals surface area contributed by atoms with Crippen molar-refractivity contribution in [1.29, 1.82) is 0 Å². The second kappa shape index (κ2) is 3.13. The monoisotopic (exact) mass is 192 g/mol. The van der Waals surface area contributed by atoms with Crippen LogP contribution >= 0.6 is 0 Å². The van der Waals surface area contributed by atoms with E-state index in [4.69, 9.17) is 5.73 Å². The van der Waals surface area contributed by atoms with Crippen molar-refractivity contribution in [2.45, 2.75) is 13.5 Å². The van der Waals surface area contributed by atoms with Crippen molar-refractivity contribution < 1.29 is 0 Å². The summed E-state index contributed by atoms with van der Waals surface area (Å²) in [6, 6.07) is 0. The Kier molecular flexibility index (Phi) is 1.95. The van der Waals surface area contributed by atoms with E-state index in [9.17, 15) is 0 Å². The van der Waals surface area contributed by atoms with Gasteiger partial charge in [-0.25, -0.2) is 9.67 Å². The Hall–Kier alpha value is -1.85. The molecule has 0 aliphatic heterocycles. The first-order chi connectivity index (χ1) is 6.74. The molecule has 2 rings (SSSR count). The van der Waals surface area contributed by atoms with Gasteiger partial charge in [-0.1, -0.05) is 0 Å². The Bertz CT molecular complexity index is 421. The van der Waals surface area contributed by atoms with Crippen LogP contribution in [-0.2, 0) is 13.6 Å². The lowest BCUT2D eigenvalue weighted by Crippen LogP contribution is -2.04. The molecule has 0 fully saturated rings. The smallest absolute Gasteiger partial charge is 0.178 e. The van der Waals surface area contributed by atoms with Crippen LogP contribution in [-0.4, -0.2) is 24.5 Å². The Labute approximate surface area is 81.4 Å². The topological polar surface area (TPSA) is 74.6 Å². The van der Waals surface area contributed by atoms with Crippen molar-refractivity contribution in [3.05, 3.63) is 12.5 Å². The van der Waals surface area contributed by atoms with E-state index in [1.54, 1.807) is 15.6 Å². The van der Waals surface area contributed by atoms with Crippen LogP contribution in [0.4, 0.5) is 5.69 Å². The van der Waals surface area contributed by atoms with Crippen molar-refractivity contribution in [1.82, 2.24) is 24.5 Å². The maximum Gasteiger partial charge on any atom is 0.178 e. The van der Waals surface area contributed by atoms with Gasteiger partial charge in [0.05, 0.1) is 11.9 Å². The minimum absolute atomic E-state index is 0.621. The quantitative estimate of drug-likeness (QED) is 0.741. The van der Waals surface area contributed by atoms with E-state index in [-0.39, 0.29) is 0 Å². The summed E-state index contributed by atoms with van der Waals surface area (Å²) in [5, 5.41) is 8.14. The molecule has 0 bridgehead atoms. The highest BCUT2D eigenvalue weighted by atomic mass is 15.4. The molecule has 2 aromatic rings. The SMILES string of the molecule is CCn1ncnc1-c1c(N)cnn1C. The highest BCUT2D eigenvalue weighted by Crippen LogP contribution is 2.21. The molecule has 2 N–H and O–H groups in total. The number of rotatable bonds is 2. The number of hydrogen-bond acceptors (Lipinski definition) is 4. The first-order valence-corrected chi connectivity index (χ1v) is 4.39. The zero-order valence-corrected chi connectivity index (χ0v) is 8.18. The number of aryl methyl sites for hydroxylation is 2. The fourth-order valence-electron chi connectivity index (χ4n) is 1.41. The molecule has 0 atom stereocenters. The molecule has 74 valence electrons. The predicted molar refractivity (Wildman–Crippen MR) is 52.3 cm³/mol. The van der Waals surface area contributed by atoms with Gasteiger partial charge < -0.3 is 5.73 Å². The summed E-state index contributed by atoms with van der Waals surface area (Å²) in [6.07, 6.45) is 3.13. The molecule has 0 saturated carbocycles. The molecule has 0 aliphatic carbocycles. The lowest BCUT2D eigenvalue weighted by atomic mass is 10.3. The molecule has 0 radical (unpaired) electrons. The van der Waals surface area contributed by atoms with Crippen molar-refractivity contribution in [2.75, 3.05) is 5.73 Å². The highest BCUT2D eigenvalue weighted by Gasteiger charge is 2.13. The Morgan fingerprint density at radius 3 is 2.79 bits per heavy atom. The fraction of sp³-hybridized carbons (Fsp3) is 0.375. The molecule has 0 unspecified atom stereocenters. The molecule has 2 aromatic heterocycles. The summed E-state index contributed by atoms with van der Waals surface area (Å²) in [7, 11) is 1.83. The molecule has 6 heteroatoms. The fourth-order valence-corrected chi connectivity index (χ4v) is 1.41. The summed E-state index contributed by atoms with van der Waals surface area (Å²) in [4.78, 5) is 4.16. The zero-order chi connectivity index (χ0) is 10.1. The Morgan fingerprint density at radius 2 is 2.21 bits per heavy atom. The number of nitrogens with zero attached hydrogens (tertiary/aromatic N) is 5. The van der Waals surface area contributed by atoms with Gasteiger partial charge in [0.15, 0.2) is 5.82 Å². The zero-order valence-electron chi connectivity index (χ0n) is 8.18. The Balaban J connectivity index is 2.59. The number of anilines is 1. The number of hydrogen-bond donors (Lipinski definition) is 1. The van der Waals surface area contributed by atoms with Crippen LogP contribution < -0.4 is 5.73 Å². The van der Waals surface area contributed by atoms with Gasteiger partial charge in [-0.15, -0.1) is 0 Å². The second-order valence-corrected chi connectivity index (χ2v) is 2.97. The molecule has 0 spiro atoms. The van der Waals surface area contributed by atoms with E-state index >= 15 is 0 Å². The minimum Gasteiger partial charge on any atom is -0.396 e. The van der Waals surface area contributed by atoms with E-state index in [0.29, 0.717) is 5.69 Å². The van der Waals surface area contributed by atoms with Crippen molar-refractivity contribution in [3.63, 3.8) is 0 Å². The molecule has 6 nitrogen and oxygen atoms in total. The standard InChI is InChI=1S/C8H12N6/c1-3-14-8(10-5-12-14)7-6(9)4-11-13(7)2/h4-5H,3,9H2,1-2H3. The van der Waals surface area contributed by atoms with E-state index in [1.807, 2.05) is 14.0 Å². The van der Waals surface area contributed by atoms with Gasteiger partial charge in [-0.2, -0.15) is 10.2 Å². The second-order valence-electron chi connectivity index (χ2n) is 2.97. The molecule has 0 amide bonds. The molecule has 2 heterocycles. The van der Waals surface area contributed by atoms with Crippen LogP contribution in [0.2, 0.25) is 0 Å². The molecular weight excluding hydrogens is 180 g/mol. The van der Waals surface area contributed by atoms with Gasteiger partial charge in [-0.3, -0.25) is 4.68 Å². The first-order valence-electron chi connectivity index (χ1n) is 4.39. The maximum absolute atomic E-state index is 5.79. The van der Waals surface area contributed by atoms with E-state index in [0.717, 1.165) is 18.1 Å². The van der Waals surface area contributed by atoms with Crippen LogP contribution in [0.5, 0.6) is 0 Å². The molecule has 0 aromatic carbocycles. The largest absolute Gasteiger partial charge is 0.396 e. The third-order valence-electron chi connectivity index (χ3n) is 2.09. The summed E-state index contributed by atoms with van der Waals surface area (Å²) in [5.41, 5.74) is 7.22. The number of nitrogen functional groups attached to an aromatic ring is 1. The lowest BCUT2D eigenvalue weighted by molar-refractivity contribution is 0.656. The lowest BCUT2D eigenvalue weighted by Gasteiger charge is -2.03. The van der Waals surface area contributed by atoms with Gasteiger partial charge in [0.2, 0.25) is 0 Å². The van der Waals surface area contributed by atoms with Crippen molar-refractivity contribution in [3.8, 4) is 11.5 Å². The average Bonchev–Trinajstić information content (AvgIpc) is 2.73. The number of aromatic nitrogens is 5. The first kappa shape index (κ1) is 8.74. The van der Waals surface area contributed by atoms with E-state index in [2.05, 4.69) is 15.2 Å². The van der Waals surface area contributed by atoms with Gasteiger partial charge in [0, 0.05) is 13.6 Å². The normalized spacial score (nSPS) is 10.7. The third-order valence-corrected chi connectivity index (χ3v) is 2.09. The third kappa shape index (κ3) is 1.15. The van der Waals surface area contributed by atoms with Crippen LogP contribution in [0.25, 0.3) is 11.5 Å². The van der Waals surface area contributed by atoms with E-state index in [1.165, 1.54) is 6.33 Å². The van der Waals surface area contributed by atoms with Gasteiger partial charge in [0.25, 0.3) is 0 Å². The predicted octanol–water partition coefficient (Wildman–Crippen LogP) is 0.281. The van der Waals surface area contributed by atoms with Crippen LogP contribution in [0, 0.1) is 0 Å². The van der Waals surface area contributed by atoms with E-state index < -0.39 is 0 Å². The number of nitrogens with two attached hydrogens (primary N) is 1. The van der Waals surface area contributed by atoms with Gasteiger partial charge in [-0.05, 0) is 6.92 Å². The highest BCUT2D eigenvalue weighted by molar-refractivity contribution is 5.66. The van der Waals surface area contributed by atoms with Crippen LogP contribution in [0.15, 0.2) is 12.5 Å². The molecular formula is C8H12N6.